The number of imide groups is 1. The number of benzene rings is 1. The van der Waals surface area contributed by atoms with E-state index >= 15 is 0 Å². The van der Waals surface area contributed by atoms with Gasteiger partial charge in [0.1, 0.15) is 0 Å². The van der Waals surface area contributed by atoms with Crippen LogP contribution in [-0.2, 0) is 32.2 Å². The first kappa shape index (κ1) is 20.7. The first-order chi connectivity index (χ1) is 13.7. The molecule has 3 N–H and O–H groups in total. The second kappa shape index (κ2) is 10.5. The van der Waals surface area contributed by atoms with Gasteiger partial charge in [-0.25, -0.2) is 0 Å². The average Bonchev–Trinajstić information content (AvgIpc) is 3.11. The summed E-state index contributed by atoms with van der Waals surface area (Å²) in [7, 11) is 1.90. The fourth-order valence-electron chi connectivity index (χ4n) is 3.62. The predicted octanol–water partition coefficient (Wildman–Crippen LogP) is 0.472. The van der Waals surface area contributed by atoms with Crippen LogP contribution in [0.5, 0.6) is 0 Å². The standard InChI is InChI=1S/C20H30N4O4/c1-21-7-9-27-11-12-28-10-8-22-17-4-2-3-15-13-24(14-16(15)17)18-5-6-19(25)23-20(18)26/h2-4,18,21-22H,5-14H2,1H3,(H,23,25,26). The lowest BCUT2D eigenvalue weighted by molar-refractivity contribution is -0.137. The third kappa shape index (κ3) is 5.51. The maximum absolute atomic E-state index is 12.2. The van der Waals surface area contributed by atoms with Crippen molar-refractivity contribution >= 4 is 17.5 Å². The molecule has 0 radical (unpaired) electrons. The Balaban J connectivity index is 1.42. The monoisotopic (exact) mass is 390 g/mol. The largest absolute Gasteiger partial charge is 0.382 e. The summed E-state index contributed by atoms with van der Waals surface area (Å²) in [6.07, 6.45) is 0.996. The number of rotatable bonds is 11. The molecule has 3 rings (SSSR count). The molecule has 8 nitrogen and oxygen atoms in total. The Morgan fingerprint density at radius 1 is 1.11 bits per heavy atom. The van der Waals surface area contributed by atoms with Crippen LogP contribution in [0.2, 0.25) is 0 Å². The lowest BCUT2D eigenvalue weighted by Gasteiger charge is -2.29. The molecule has 1 aromatic carbocycles. The molecule has 0 bridgehead atoms. The lowest BCUT2D eigenvalue weighted by Crippen LogP contribution is -2.50. The second-order valence-electron chi connectivity index (χ2n) is 7.07. The molecule has 2 heterocycles. The quantitative estimate of drug-likeness (QED) is 0.374. The zero-order chi connectivity index (χ0) is 19.8. The lowest BCUT2D eigenvalue weighted by atomic mass is 10.0. The van der Waals surface area contributed by atoms with Gasteiger partial charge in [0, 0.05) is 38.3 Å². The van der Waals surface area contributed by atoms with Crippen molar-refractivity contribution in [3.8, 4) is 0 Å². The zero-order valence-electron chi connectivity index (χ0n) is 16.5. The molecule has 1 atom stereocenters. The summed E-state index contributed by atoms with van der Waals surface area (Å²) < 4.78 is 11.0. The summed E-state index contributed by atoms with van der Waals surface area (Å²) >= 11 is 0. The number of amides is 2. The molecule has 28 heavy (non-hydrogen) atoms. The van der Waals surface area contributed by atoms with E-state index in [9.17, 15) is 9.59 Å². The third-order valence-electron chi connectivity index (χ3n) is 5.09. The number of ether oxygens (including phenoxy) is 2. The smallest absolute Gasteiger partial charge is 0.243 e. The predicted molar refractivity (Wildman–Crippen MR) is 106 cm³/mol. The van der Waals surface area contributed by atoms with Crippen molar-refractivity contribution in [1.82, 2.24) is 15.5 Å². The number of fused-ring (bicyclic) bond motifs is 1. The first-order valence-corrected chi connectivity index (χ1v) is 9.91. The van der Waals surface area contributed by atoms with Gasteiger partial charge in [-0.15, -0.1) is 0 Å². The highest BCUT2D eigenvalue weighted by Gasteiger charge is 2.35. The minimum Gasteiger partial charge on any atom is -0.382 e. The highest BCUT2D eigenvalue weighted by atomic mass is 16.5. The molecule has 0 aromatic heterocycles. The summed E-state index contributed by atoms with van der Waals surface area (Å²) in [4.78, 5) is 25.7. The molecular formula is C20H30N4O4. The number of hydrogen-bond acceptors (Lipinski definition) is 7. The number of nitrogens with zero attached hydrogens (tertiary/aromatic N) is 1. The van der Waals surface area contributed by atoms with Crippen LogP contribution in [-0.4, -0.2) is 69.3 Å². The zero-order valence-corrected chi connectivity index (χ0v) is 16.5. The number of piperidine rings is 1. The molecule has 8 heteroatoms. The highest BCUT2D eigenvalue weighted by molar-refractivity contribution is 6.00. The highest BCUT2D eigenvalue weighted by Crippen LogP contribution is 2.32. The van der Waals surface area contributed by atoms with Gasteiger partial charge in [0.25, 0.3) is 0 Å². The van der Waals surface area contributed by atoms with E-state index in [1.165, 1.54) is 11.1 Å². The molecule has 1 unspecified atom stereocenters. The maximum Gasteiger partial charge on any atom is 0.243 e. The third-order valence-corrected chi connectivity index (χ3v) is 5.09. The van der Waals surface area contributed by atoms with Crippen molar-refractivity contribution in [2.45, 2.75) is 32.0 Å². The van der Waals surface area contributed by atoms with E-state index in [-0.39, 0.29) is 17.9 Å². The Bertz CT molecular complexity index is 682. The Labute approximate surface area is 165 Å². The van der Waals surface area contributed by atoms with Crippen LogP contribution in [0.1, 0.15) is 24.0 Å². The van der Waals surface area contributed by atoms with Gasteiger partial charge in [-0.1, -0.05) is 12.1 Å². The Hall–Kier alpha value is -2.00. The maximum atomic E-state index is 12.2. The van der Waals surface area contributed by atoms with E-state index in [0.29, 0.717) is 52.4 Å². The molecule has 1 aromatic rings. The van der Waals surface area contributed by atoms with E-state index in [4.69, 9.17) is 9.47 Å². The molecule has 2 amide bonds. The number of likely N-dealkylation sites (N-methyl/N-ethyl adjacent to an activating group) is 1. The molecule has 0 saturated carbocycles. The molecule has 1 saturated heterocycles. The summed E-state index contributed by atoms with van der Waals surface area (Å²) in [5.41, 5.74) is 3.54. The number of carbonyl (C=O) groups is 2. The minimum absolute atomic E-state index is 0.173. The normalized spacial score (nSPS) is 19.5. The first-order valence-electron chi connectivity index (χ1n) is 9.91. The van der Waals surface area contributed by atoms with Crippen molar-refractivity contribution in [3.05, 3.63) is 29.3 Å². The fraction of sp³-hybridized carbons (Fsp3) is 0.600. The van der Waals surface area contributed by atoms with Crippen molar-refractivity contribution < 1.29 is 19.1 Å². The molecule has 1 fully saturated rings. The van der Waals surface area contributed by atoms with E-state index in [1.807, 2.05) is 13.1 Å². The van der Waals surface area contributed by atoms with Gasteiger partial charge in [-0.05, 0) is 30.7 Å². The topological polar surface area (TPSA) is 91.9 Å². The van der Waals surface area contributed by atoms with Crippen molar-refractivity contribution in [1.29, 1.82) is 0 Å². The van der Waals surface area contributed by atoms with Gasteiger partial charge < -0.3 is 20.1 Å². The van der Waals surface area contributed by atoms with Gasteiger partial charge in [-0.2, -0.15) is 0 Å². The van der Waals surface area contributed by atoms with Crippen molar-refractivity contribution in [2.75, 3.05) is 51.9 Å². The van der Waals surface area contributed by atoms with Crippen LogP contribution in [0.4, 0.5) is 5.69 Å². The SMILES string of the molecule is CNCCOCCOCCNc1cccc2c1CN(C1CCC(=O)NC1=O)C2. The fourth-order valence-corrected chi connectivity index (χ4v) is 3.62. The van der Waals surface area contributed by atoms with Gasteiger partial charge in [0.05, 0.1) is 32.5 Å². The Kier molecular flexibility index (Phi) is 7.79. The Morgan fingerprint density at radius 3 is 2.64 bits per heavy atom. The number of hydrogen-bond donors (Lipinski definition) is 3. The summed E-state index contributed by atoms with van der Waals surface area (Å²) in [5, 5.41) is 8.92. The molecule has 154 valence electrons. The van der Waals surface area contributed by atoms with Crippen LogP contribution in [0.25, 0.3) is 0 Å². The summed E-state index contributed by atoms with van der Waals surface area (Å²) in [6, 6.07) is 5.97. The van der Waals surface area contributed by atoms with Gasteiger partial charge in [0.2, 0.25) is 11.8 Å². The molecule has 2 aliphatic rings. The Morgan fingerprint density at radius 2 is 1.89 bits per heavy atom. The molecule has 2 aliphatic heterocycles. The number of anilines is 1. The van der Waals surface area contributed by atoms with E-state index < -0.39 is 0 Å². The van der Waals surface area contributed by atoms with E-state index in [2.05, 4.69) is 33.0 Å². The number of carbonyl (C=O) groups excluding carboxylic acids is 2. The molecule has 0 spiro atoms. The van der Waals surface area contributed by atoms with Crippen LogP contribution in [0.15, 0.2) is 18.2 Å². The van der Waals surface area contributed by atoms with Gasteiger partial charge in [-0.3, -0.25) is 19.8 Å². The van der Waals surface area contributed by atoms with Crippen LogP contribution >= 0.6 is 0 Å². The second-order valence-corrected chi connectivity index (χ2v) is 7.07. The van der Waals surface area contributed by atoms with E-state index in [1.54, 1.807) is 0 Å². The average molecular weight is 390 g/mol. The van der Waals surface area contributed by atoms with Crippen molar-refractivity contribution in [2.24, 2.45) is 0 Å². The van der Waals surface area contributed by atoms with E-state index in [0.717, 1.165) is 18.8 Å². The van der Waals surface area contributed by atoms with Crippen molar-refractivity contribution in [3.63, 3.8) is 0 Å². The minimum atomic E-state index is -0.232. The van der Waals surface area contributed by atoms with Crippen LogP contribution in [0.3, 0.4) is 0 Å². The van der Waals surface area contributed by atoms with Gasteiger partial charge >= 0.3 is 0 Å². The van der Waals surface area contributed by atoms with Gasteiger partial charge in [0.15, 0.2) is 0 Å². The van der Waals surface area contributed by atoms with Crippen LogP contribution < -0.4 is 16.0 Å². The number of nitrogens with one attached hydrogen (secondary N) is 3. The van der Waals surface area contributed by atoms with Crippen LogP contribution in [0, 0.1) is 0 Å². The summed E-state index contributed by atoms with van der Waals surface area (Å²) in [6.45, 7) is 5.49. The molecule has 0 aliphatic carbocycles. The molecular weight excluding hydrogens is 360 g/mol. The summed E-state index contributed by atoms with van der Waals surface area (Å²) in [5.74, 6) is -0.350.